The second-order valence-electron chi connectivity index (χ2n) is 8.67. The van der Waals surface area contributed by atoms with E-state index >= 15 is 0 Å². The topological polar surface area (TPSA) is 96.0 Å². The number of amides is 3. The van der Waals surface area contributed by atoms with Gasteiger partial charge in [-0.3, -0.25) is 19.2 Å². The predicted octanol–water partition coefficient (Wildman–Crippen LogP) is 1.53. The third kappa shape index (κ3) is 4.43. The van der Waals surface area contributed by atoms with Crippen molar-refractivity contribution in [3.63, 3.8) is 0 Å². The number of nitrogens with one attached hydrogen (secondary N) is 1. The zero-order chi connectivity index (χ0) is 22.0. The van der Waals surface area contributed by atoms with Crippen LogP contribution in [0.3, 0.4) is 0 Å². The molecule has 1 N–H and O–H groups in total. The van der Waals surface area contributed by atoms with E-state index < -0.39 is 11.6 Å². The van der Waals surface area contributed by atoms with Crippen LogP contribution in [0.5, 0.6) is 5.75 Å². The molecule has 2 saturated heterocycles. The normalized spacial score (nSPS) is 24.6. The Morgan fingerprint density at radius 2 is 1.94 bits per heavy atom. The molecular formula is C23H29N3O5. The van der Waals surface area contributed by atoms with Crippen molar-refractivity contribution in [2.24, 2.45) is 0 Å². The van der Waals surface area contributed by atoms with E-state index in [1.54, 1.807) is 28.9 Å². The summed E-state index contributed by atoms with van der Waals surface area (Å²) in [6.07, 6.45) is 2.86. The van der Waals surface area contributed by atoms with Crippen LogP contribution in [-0.2, 0) is 14.4 Å². The van der Waals surface area contributed by atoms with Gasteiger partial charge in [0.15, 0.2) is 5.78 Å². The van der Waals surface area contributed by atoms with E-state index in [-0.39, 0.29) is 36.3 Å². The smallest absolute Gasteiger partial charge is 0.242 e. The maximum absolute atomic E-state index is 12.8. The summed E-state index contributed by atoms with van der Waals surface area (Å²) in [6, 6.07) is 6.58. The van der Waals surface area contributed by atoms with Gasteiger partial charge in [0.2, 0.25) is 17.7 Å². The number of ether oxygens (including phenoxy) is 1. The number of nitrogens with zero attached hydrogens (tertiary/aromatic N) is 2. The summed E-state index contributed by atoms with van der Waals surface area (Å²) in [4.78, 5) is 53.1. The Morgan fingerprint density at radius 3 is 2.71 bits per heavy atom. The number of benzene rings is 1. The lowest BCUT2D eigenvalue weighted by atomic mass is 9.84. The SMILES string of the molecule is CC(C(=O)NCCN1CCCC1=O)N1CCC2(CCC1=O)CC(=O)c1ccccc1O2. The Morgan fingerprint density at radius 1 is 1.13 bits per heavy atom. The van der Waals surface area contributed by atoms with Crippen molar-refractivity contribution >= 4 is 23.5 Å². The van der Waals surface area contributed by atoms with Crippen molar-refractivity contribution in [3.05, 3.63) is 29.8 Å². The highest BCUT2D eigenvalue weighted by molar-refractivity contribution is 6.00. The first-order chi connectivity index (χ1) is 14.9. The zero-order valence-electron chi connectivity index (χ0n) is 17.9. The number of likely N-dealkylation sites (tertiary alicyclic amines) is 2. The number of carbonyl (C=O) groups is 4. The maximum Gasteiger partial charge on any atom is 0.242 e. The summed E-state index contributed by atoms with van der Waals surface area (Å²) in [7, 11) is 0. The highest BCUT2D eigenvalue weighted by Gasteiger charge is 2.44. The highest BCUT2D eigenvalue weighted by atomic mass is 16.5. The van der Waals surface area contributed by atoms with Crippen molar-refractivity contribution in [1.29, 1.82) is 0 Å². The van der Waals surface area contributed by atoms with E-state index in [1.807, 2.05) is 12.1 Å². The van der Waals surface area contributed by atoms with Gasteiger partial charge in [0.1, 0.15) is 17.4 Å². The van der Waals surface area contributed by atoms with Crippen molar-refractivity contribution in [2.75, 3.05) is 26.2 Å². The van der Waals surface area contributed by atoms with Crippen LogP contribution in [0.25, 0.3) is 0 Å². The number of ketones is 1. The van der Waals surface area contributed by atoms with Crippen molar-refractivity contribution in [1.82, 2.24) is 15.1 Å². The largest absolute Gasteiger partial charge is 0.486 e. The van der Waals surface area contributed by atoms with Crippen molar-refractivity contribution in [3.8, 4) is 5.75 Å². The lowest BCUT2D eigenvalue weighted by molar-refractivity contribution is -0.139. The molecule has 8 nitrogen and oxygen atoms in total. The predicted molar refractivity (Wildman–Crippen MR) is 113 cm³/mol. The first-order valence-corrected chi connectivity index (χ1v) is 11.0. The fraction of sp³-hybridized carbons (Fsp3) is 0.565. The molecule has 1 spiro atoms. The van der Waals surface area contributed by atoms with Crippen LogP contribution in [0.15, 0.2) is 24.3 Å². The van der Waals surface area contributed by atoms with Crippen molar-refractivity contribution < 1.29 is 23.9 Å². The van der Waals surface area contributed by atoms with Gasteiger partial charge in [0, 0.05) is 45.4 Å². The summed E-state index contributed by atoms with van der Waals surface area (Å²) in [5.74, 6) is 0.386. The molecule has 1 aromatic carbocycles. The van der Waals surface area contributed by atoms with Crippen LogP contribution >= 0.6 is 0 Å². The molecule has 8 heteroatoms. The summed E-state index contributed by atoms with van der Waals surface area (Å²) in [5, 5.41) is 2.85. The number of carbonyl (C=O) groups excluding carboxylic acids is 4. The van der Waals surface area contributed by atoms with E-state index in [9.17, 15) is 19.2 Å². The van der Waals surface area contributed by atoms with Crippen LogP contribution in [0.4, 0.5) is 0 Å². The molecule has 0 aromatic heterocycles. The lowest BCUT2D eigenvalue weighted by Gasteiger charge is -2.37. The molecule has 31 heavy (non-hydrogen) atoms. The Kier molecular flexibility index (Phi) is 5.98. The molecule has 3 heterocycles. The molecule has 2 atom stereocenters. The van der Waals surface area contributed by atoms with Gasteiger partial charge in [0.25, 0.3) is 0 Å². The molecule has 2 fully saturated rings. The number of para-hydroxylation sites is 1. The molecule has 0 radical (unpaired) electrons. The molecule has 1 aromatic rings. The van der Waals surface area contributed by atoms with Crippen LogP contribution in [-0.4, -0.2) is 71.1 Å². The van der Waals surface area contributed by atoms with Crippen molar-refractivity contribution in [2.45, 2.75) is 57.1 Å². The number of hydrogen-bond donors (Lipinski definition) is 1. The van der Waals surface area contributed by atoms with Gasteiger partial charge in [-0.05, 0) is 31.9 Å². The van der Waals surface area contributed by atoms with E-state index in [4.69, 9.17) is 4.74 Å². The summed E-state index contributed by atoms with van der Waals surface area (Å²) in [6.45, 7) is 3.67. The van der Waals surface area contributed by atoms with Gasteiger partial charge in [-0.15, -0.1) is 0 Å². The van der Waals surface area contributed by atoms with Gasteiger partial charge in [0.05, 0.1) is 12.0 Å². The Balaban J connectivity index is 1.36. The second kappa shape index (κ2) is 8.69. The average Bonchev–Trinajstić information content (AvgIpc) is 3.10. The van der Waals surface area contributed by atoms with E-state index in [2.05, 4.69) is 5.32 Å². The molecule has 0 aliphatic carbocycles. The molecule has 3 aliphatic heterocycles. The molecule has 2 unspecified atom stereocenters. The number of hydrogen-bond acceptors (Lipinski definition) is 5. The van der Waals surface area contributed by atoms with E-state index in [1.165, 1.54) is 0 Å². The standard InChI is InChI=1S/C23H29N3O5/c1-16(22(30)24-11-14-25-12-4-7-20(25)28)26-13-10-23(9-8-21(26)29)15-18(27)17-5-2-3-6-19(17)31-23/h2-3,5-6,16H,4,7-15H2,1H3,(H,24,30). The zero-order valence-corrected chi connectivity index (χ0v) is 17.9. The van der Waals surface area contributed by atoms with Gasteiger partial charge in [-0.25, -0.2) is 0 Å². The maximum atomic E-state index is 12.8. The van der Waals surface area contributed by atoms with E-state index in [0.717, 1.165) is 13.0 Å². The Hall–Kier alpha value is -2.90. The first-order valence-electron chi connectivity index (χ1n) is 11.0. The van der Waals surface area contributed by atoms with E-state index in [0.29, 0.717) is 50.2 Å². The Bertz CT molecular complexity index is 901. The number of Topliss-reactive ketones (excluding diaryl/α,β-unsaturated/α-hetero) is 1. The fourth-order valence-corrected chi connectivity index (χ4v) is 4.73. The third-order valence-corrected chi connectivity index (χ3v) is 6.62. The molecule has 166 valence electrons. The first kappa shape index (κ1) is 21.3. The van der Waals surface area contributed by atoms with Crippen LogP contribution in [0.1, 0.15) is 55.8 Å². The van der Waals surface area contributed by atoms with Gasteiger partial charge in [-0.2, -0.15) is 0 Å². The quantitative estimate of drug-likeness (QED) is 0.769. The molecule has 0 bridgehead atoms. The number of fused-ring (bicyclic) bond motifs is 1. The van der Waals surface area contributed by atoms with Gasteiger partial charge < -0.3 is 19.9 Å². The summed E-state index contributed by atoms with van der Waals surface area (Å²) in [5.41, 5.74) is -0.118. The average molecular weight is 428 g/mol. The highest BCUT2D eigenvalue weighted by Crippen LogP contribution is 2.39. The molecule has 4 rings (SSSR count). The second-order valence-corrected chi connectivity index (χ2v) is 8.67. The van der Waals surface area contributed by atoms with Crippen LogP contribution in [0, 0.1) is 0 Å². The summed E-state index contributed by atoms with van der Waals surface area (Å²) >= 11 is 0. The monoisotopic (exact) mass is 427 g/mol. The minimum atomic E-state index is -0.706. The van der Waals surface area contributed by atoms with Gasteiger partial charge in [-0.1, -0.05) is 12.1 Å². The number of rotatable bonds is 5. The summed E-state index contributed by atoms with van der Waals surface area (Å²) < 4.78 is 6.24. The molecule has 3 aliphatic rings. The third-order valence-electron chi connectivity index (χ3n) is 6.62. The van der Waals surface area contributed by atoms with Gasteiger partial charge >= 0.3 is 0 Å². The Labute approximate surface area is 181 Å². The van der Waals surface area contributed by atoms with Crippen LogP contribution in [0.2, 0.25) is 0 Å². The minimum Gasteiger partial charge on any atom is -0.486 e. The minimum absolute atomic E-state index is 0.0324. The molecule has 3 amide bonds. The lowest BCUT2D eigenvalue weighted by Crippen LogP contribution is -2.49. The van der Waals surface area contributed by atoms with Crippen LogP contribution < -0.4 is 10.1 Å². The fourth-order valence-electron chi connectivity index (χ4n) is 4.73. The molecular weight excluding hydrogens is 398 g/mol. The molecule has 0 saturated carbocycles.